The zero-order valence-corrected chi connectivity index (χ0v) is 17.0. The molecule has 2 amide bonds. The molecule has 0 fully saturated rings. The molecular weight excluding hydrogens is 372 g/mol. The third-order valence-corrected chi connectivity index (χ3v) is 6.01. The molecule has 0 saturated heterocycles. The van der Waals surface area contributed by atoms with Crippen molar-refractivity contribution in [1.29, 1.82) is 0 Å². The lowest BCUT2D eigenvalue weighted by atomic mass is 9.99. The van der Waals surface area contributed by atoms with Crippen LogP contribution in [0, 0.1) is 0 Å². The first-order valence-corrected chi connectivity index (χ1v) is 10.5. The zero-order chi connectivity index (χ0) is 19.7. The van der Waals surface area contributed by atoms with Crippen LogP contribution < -0.4 is 0 Å². The number of ether oxygens (including phenoxy) is 1. The summed E-state index contributed by atoms with van der Waals surface area (Å²) in [5.41, 5.74) is 3.60. The molecule has 1 aromatic carbocycles. The largest absolute Gasteiger partial charge is 0.377 e. The minimum Gasteiger partial charge on any atom is -0.377 e. The Kier molecular flexibility index (Phi) is 5.33. The average Bonchev–Trinajstić information content (AvgIpc) is 3.29. The molecule has 2 aliphatic heterocycles. The van der Waals surface area contributed by atoms with Crippen molar-refractivity contribution in [3.05, 3.63) is 63.5 Å². The number of hydrogen-bond acceptors (Lipinski definition) is 5. The lowest BCUT2D eigenvalue weighted by molar-refractivity contribution is -0.138. The van der Waals surface area contributed by atoms with Crippen molar-refractivity contribution in [3.8, 4) is 0 Å². The molecule has 1 aromatic heterocycles. The second kappa shape index (κ2) is 7.89. The molecule has 0 bridgehead atoms. The van der Waals surface area contributed by atoms with Crippen LogP contribution in [0.3, 0.4) is 0 Å². The molecule has 0 saturated carbocycles. The first-order valence-electron chi connectivity index (χ1n) is 9.64. The predicted molar refractivity (Wildman–Crippen MR) is 110 cm³/mol. The predicted octanol–water partition coefficient (Wildman–Crippen LogP) is 3.31. The molecule has 2 aromatic rings. The number of nitrogens with zero attached hydrogens (tertiary/aromatic N) is 2. The fourth-order valence-electron chi connectivity index (χ4n) is 3.77. The van der Waals surface area contributed by atoms with Crippen LogP contribution >= 0.6 is 11.3 Å². The van der Waals surface area contributed by atoms with Crippen molar-refractivity contribution >= 4 is 28.7 Å². The quantitative estimate of drug-likeness (QED) is 0.703. The van der Waals surface area contributed by atoms with E-state index in [0.29, 0.717) is 24.4 Å². The van der Waals surface area contributed by atoms with Crippen molar-refractivity contribution in [2.75, 3.05) is 19.7 Å². The van der Waals surface area contributed by atoms with E-state index in [1.165, 1.54) is 27.4 Å². The summed E-state index contributed by atoms with van der Waals surface area (Å²) in [6.45, 7) is 5.90. The summed E-state index contributed by atoms with van der Waals surface area (Å²) >= 11 is 1.49. The van der Waals surface area contributed by atoms with Crippen LogP contribution in [0.4, 0.5) is 0 Å². The Labute approximate surface area is 169 Å². The van der Waals surface area contributed by atoms with Gasteiger partial charge in [0.05, 0.1) is 24.8 Å². The molecule has 0 unspecified atom stereocenters. The first kappa shape index (κ1) is 18.9. The van der Waals surface area contributed by atoms with Crippen LogP contribution in [0.15, 0.2) is 47.5 Å². The minimum absolute atomic E-state index is 0.0654. The Bertz CT molecular complexity index is 918. The Morgan fingerprint density at radius 2 is 1.86 bits per heavy atom. The number of benzene rings is 1. The molecule has 5 nitrogen and oxygen atoms in total. The molecular formula is C22H24N2O3S. The summed E-state index contributed by atoms with van der Waals surface area (Å²) in [4.78, 5) is 30.7. The van der Waals surface area contributed by atoms with Gasteiger partial charge in [-0.2, -0.15) is 0 Å². The Hall–Kier alpha value is -2.44. The van der Waals surface area contributed by atoms with Gasteiger partial charge in [0.1, 0.15) is 5.70 Å². The van der Waals surface area contributed by atoms with Crippen LogP contribution in [0.1, 0.15) is 29.9 Å². The molecule has 0 aliphatic carbocycles. The van der Waals surface area contributed by atoms with Crippen molar-refractivity contribution in [1.82, 2.24) is 9.80 Å². The molecule has 4 rings (SSSR count). The summed E-state index contributed by atoms with van der Waals surface area (Å²) in [6, 6.07) is 12.1. The van der Waals surface area contributed by atoms with E-state index in [2.05, 4.69) is 17.0 Å². The molecule has 146 valence electrons. The van der Waals surface area contributed by atoms with E-state index in [0.717, 1.165) is 17.8 Å². The van der Waals surface area contributed by atoms with Gasteiger partial charge in [-0.05, 0) is 42.8 Å². The second-order valence-corrected chi connectivity index (χ2v) is 8.27. The van der Waals surface area contributed by atoms with E-state index in [1.54, 1.807) is 0 Å². The molecule has 0 radical (unpaired) electrons. The Morgan fingerprint density at radius 1 is 1.07 bits per heavy atom. The number of amides is 2. The van der Waals surface area contributed by atoms with Gasteiger partial charge in [0, 0.05) is 18.0 Å². The fraction of sp³-hybridized carbons (Fsp3) is 0.364. The van der Waals surface area contributed by atoms with E-state index in [1.807, 2.05) is 43.5 Å². The summed E-state index contributed by atoms with van der Waals surface area (Å²) in [6.07, 6.45) is 0.936. The van der Waals surface area contributed by atoms with E-state index in [9.17, 15) is 9.59 Å². The van der Waals surface area contributed by atoms with Crippen molar-refractivity contribution in [2.24, 2.45) is 0 Å². The maximum atomic E-state index is 13.3. The van der Waals surface area contributed by atoms with E-state index >= 15 is 0 Å². The molecule has 3 heterocycles. The molecule has 6 heteroatoms. The second-order valence-electron chi connectivity index (χ2n) is 7.32. The summed E-state index contributed by atoms with van der Waals surface area (Å²) in [5.74, 6) is -0.422. The van der Waals surface area contributed by atoms with Crippen LogP contribution in [0.5, 0.6) is 0 Å². The highest BCUT2D eigenvalue weighted by atomic mass is 32.1. The third-order valence-electron chi connectivity index (χ3n) is 5.12. The highest BCUT2D eigenvalue weighted by Crippen LogP contribution is 2.35. The van der Waals surface area contributed by atoms with E-state index in [-0.39, 0.29) is 24.5 Å². The standard InChI is InChI=1S/C22H24N2O3S/c1-15(2)27-12-11-24-21(25)19(18-8-5-13-28-18)20(22(24)26)23-10-9-16-6-3-4-7-17(16)14-23/h3-8,13,15H,9-12,14H2,1-2H3. The Balaban J connectivity index is 1.66. The highest BCUT2D eigenvalue weighted by molar-refractivity contribution is 7.11. The number of thiophene rings is 1. The van der Waals surface area contributed by atoms with Crippen molar-refractivity contribution < 1.29 is 14.3 Å². The fourth-order valence-corrected chi connectivity index (χ4v) is 4.53. The van der Waals surface area contributed by atoms with Gasteiger partial charge in [-0.1, -0.05) is 30.3 Å². The number of carbonyl (C=O) groups is 2. The first-order chi connectivity index (χ1) is 13.6. The number of fused-ring (bicyclic) bond motifs is 1. The van der Waals surface area contributed by atoms with Crippen molar-refractivity contribution in [3.63, 3.8) is 0 Å². The molecule has 0 atom stereocenters. The topological polar surface area (TPSA) is 49.9 Å². The highest BCUT2D eigenvalue weighted by Gasteiger charge is 2.42. The van der Waals surface area contributed by atoms with Gasteiger partial charge in [-0.15, -0.1) is 11.3 Å². The van der Waals surface area contributed by atoms with Gasteiger partial charge in [0.2, 0.25) is 0 Å². The lowest BCUT2D eigenvalue weighted by Gasteiger charge is -2.31. The van der Waals surface area contributed by atoms with Gasteiger partial charge in [0.15, 0.2) is 0 Å². The van der Waals surface area contributed by atoms with Gasteiger partial charge < -0.3 is 9.64 Å². The monoisotopic (exact) mass is 396 g/mol. The van der Waals surface area contributed by atoms with Gasteiger partial charge in [0.25, 0.3) is 11.8 Å². The van der Waals surface area contributed by atoms with Crippen LogP contribution in [-0.2, 0) is 27.3 Å². The molecule has 0 spiro atoms. The molecule has 0 N–H and O–H groups in total. The third kappa shape index (κ3) is 3.50. The Morgan fingerprint density at radius 3 is 2.57 bits per heavy atom. The van der Waals surface area contributed by atoms with Crippen LogP contribution in [0.2, 0.25) is 0 Å². The lowest BCUT2D eigenvalue weighted by Crippen LogP contribution is -2.39. The normalized spacial score (nSPS) is 17.1. The van der Waals surface area contributed by atoms with Gasteiger partial charge >= 0.3 is 0 Å². The minimum atomic E-state index is -0.214. The zero-order valence-electron chi connectivity index (χ0n) is 16.2. The van der Waals surface area contributed by atoms with E-state index < -0.39 is 0 Å². The van der Waals surface area contributed by atoms with Gasteiger partial charge in [-0.25, -0.2) is 0 Å². The van der Waals surface area contributed by atoms with E-state index in [4.69, 9.17) is 4.74 Å². The summed E-state index contributed by atoms with van der Waals surface area (Å²) in [7, 11) is 0. The smallest absolute Gasteiger partial charge is 0.277 e. The maximum absolute atomic E-state index is 13.3. The van der Waals surface area contributed by atoms with Crippen LogP contribution in [-0.4, -0.2) is 47.4 Å². The SMILES string of the molecule is CC(C)OCCN1C(=O)C(c2cccs2)=C(N2CCc3ccccc3C2)C1=O. The maximum Gasteiger partial charge on any atom is 0.277 e. The summed E-state index contributed by atoms with van der Waals surface area (Å²) < 4.78 is 5.58. The number of rotatable bonds is 6. The van der Waals surface area contributed by atoms with Crippen molar-refractivity contribution in [2.45, 2.75) is 32.9 Å². The number of hydrogen-bond donors (Lipinski definition) is 0. The summed E-state index contributed by atoms with van der Waals surface area (Å²) in [5, 5.41) is 1.94. The molecule has 28 heavy (non-hydrogen) atoms. The number of carbonyl (C=O) groups excluding carboxylic acids is 2. The number of imide groups is 1. The van der Waals surface area contributed by atoms with Crippen LogP contribution in [0.25, 0.3) is 5.57 Å². The molecule has 2 aliphatic rings. The average molecular weight is 397 g/mol. The van der Waals surface area contributed by atoms with Gasteiger partial charge in [-0.3, -0.25) is 14.5 Å².